The first-order valence-electron chi connectivity index (χ1n) is 10.1. The van der Waals surface area contributed by atoms with Crippen molar-refractivity contribution in [3.63, 3.8) is 0 Å². The van der Waals surface area contributed by atoms with E-state index in [1.165, 1.54) is 49.7 Å². The zero-order chi connectivity index (χ0) is 17.1. The molecule has 2 aliphatic carbocycles. The highest BCUT2D eigenvalue weighted by molar-refractivity contribution is 5.22. The van der Waals surface area contributed by atoms with E-state index in [0.717, 1.165) is 30.1 Å². The average molecular weight is 324 g/mol. The molecule has 2 saturated carbocycles. The van der Waals surface area contributed by atoms with Gasteiger partial charge in [-0.15, -0.1) is 0 Å². The first-order valence-corrected chi connectivity index (χ1v) is 10.1. The summed E-state index contributed by atoms with van der Waals surface area (Å²) in [5.41, 5.74) is 2.84. The zero-order valence-electron chi connectivity index (χ0n) is 15.7. The Labute approximate surface area is 148 Å². The standard InChI is InChI=1S/C23H33N/c1-4-19-20(13-14-24)17(3)23(22-8-6-5-7-21(19)22)15-18-11-9-16(2)10-12-18/h9-12,17,19-23H,4-8,13,15H2,1-3H3/t17?,19-,20+,21?,22?,23+/m0/s1. The van der Waals surface area contributed by atoms with Gasteiger partial charge in [-0.25, -0.2) is 0 Å². The largest absolute Gasteiger partial charge is 0.198 e. The molecule has 1 nitrogen and oxygen atoms in total. The molecule has 3 rings (SSSR count). The molecule has 2 fully saturated rings. The van der Waals surface area contributed by atoms with Crippen molar-refractivity contribution in [1.29, 1.82) is 5.26 Å². The van der Waals surface area contributed by atoms with E-state index in [4.69, 9.17) is 0 Å². The van der Waals surface area contributed by atoms with Gasteiger partial charge >= 0.3 is 0 Å². The molecule has 1 heteroatoms. The normalized spacial score (nSPS) is 35.9. The van der Waals surface area contributed by atoms with Crippen LogP contribution in [0.5, 0.6) is 0 Å². The Morgan fingerprint density at radius 1 is 1.00 bits per heavy atom. The number of rotatable bonds is 4. The van der Waals surface area contributed by atoms with E-state index < -0.39 is 0 Å². The summed E-state index contributed by atoms with van der Waals surface area (Å²) in [6, 6.07) is 11.7. The van der Waals surface area contributed by atoms with E-state index in [9.17, 15) is 5.26 Å². The summed E-state index contributed by atoms with van der Waals surface area (Å²) < 4.78 is 0. The van der Waals surface area contributed by atoms with Gasteiger partial charge in [-0.1, -0.05) is 62.9 Å². The van der Waals surface area contributed by atoms with E-state index in [0.29, 0.717) is 11.8 Å². The van der Waals surface area contributed by atoms with E-state index in [2.05, 4.69) is 51.1 Å². The van der Waals surface area contributed by atoms with Gasteiger partial charge in [-0.2, -0.15) is 5.26 Å². The third-order valence-electron chi connectivity index (χ3n) is 7.27. The quantitative estimate of drug-likeness (QED) is 0.650. The number of fused-ring (bicyclic) bond motifs is 1. The second-order valence-electron chi connectivity index (χ2n) is 8.42. The van der Waals surface area contributed by atoms with Crippen molar-refractivity contribution in [2.24, 2.45) is 35.5 Å². The fraction of sp³-hybridized carbons (Fsp3) is 0.696. The topological polar surface area (TPSA) is 23.8 Å². The minimum atomic E-state index is 0.606. The van der Waals surface area contributed by atoms with Crippen LogP contribution in [0.3, 0.4) is 0 Å². The van der Waals surface area contributed by atoms with Crippen molar-refractivity contribution < 1.29 is 0 Å². The fourth-order valence-corrected chi connectivity index (χ4v) is 6.05. The monoisotopic (exact) mass is 323 g/mol. The second kappa shape index (κ2) is 7.73. The van der Waals surface area contributed by atoms with Crippen LogP contribution >= 0.6 is 0 Å². The number of nitriles is 1. The van der Waals surface area contributed by atoms with Crippen LogP contribution in [0.1, 0.15) is 63.5 Å². The van der Waals surface area contributed by atoms with Crippen molar-refractivity contribution in [2.45, 2.75) is 65.7 Å². The maximum absolute atomic E-state index is 9.40. The number of nitrogens with zero attached hydrogens (tertiary/aromatic N) is 1. The van der Waals surface area contributed by atoms with Gasteiger partial charge in [-0.3, -0.25) is 0 Å². The van der Waals surface area contributed by atoms with Crippen molar-refractivity contribution in [1.82, 2.24) is 0 Å². The molecule has 2 aliphatic rings. The van der Waals surface area contributed by atoms with Gasteiger partial charge in [0, 0.05) is 6.42 Å². The molecule has 1 aromatic carbocycles. The summed E-state index contributed by atoms with van der Waals surface area (Å²) in [7, 11) is 0. The molecule has 130 valence electrons. The molecule has 0 heterocycles. The van der Waals surface area contributed by atoms with Crippen LogP contribution in [-0.4, -0.2) is 0 Å². The molecule has 0 spiro atoms. The highest BCUT2D eigenvalue weighted by atomic mass is 14.5. The third-order valence-corrected chi connectivity index (χ3v) is 7.27. The lowest BCUT2D eigenvalue weighted by atomic mass is 9.52. The van der Waals surface area contributed by atoms with Crippen LogP contribution in [0.25, 0.3) is 0 Å². The van der Waals surface area contributed by atoms with Crippen molar-refractivity contribution in [3.8, 4) is 6.07 Å². The fourth-order valence-electron chi connectivity index (χ4n) is 6.05. The Kier molecular flexibility index (Phi) is 5.65. The van der Waals surface area contributed by atoms with Crippen LogP contribution in [0.4, 0.5) is 0 Å². The molecule has 0 aromatic heterocycles. The molecular weight excluding hydrogens is 290 g/mol. The summed E-state index contributed by atoms with van der Waals surface area (Å²) in [4.78, 5) is 0. The number of hydrogen-bond donors (Lipinski definition) is 0. The Bertz CT molecular complexity index is 567. The summed E-state index contributed by atoms with van der Waals surface area (Å²) >= 11 is 0. The highest BCUT2D eigenvalue weighted by Gasteiger charge is 2.47. The first kappa shape index (κ1) is 17.5. The maximum Gasteiger partial charge on any atom is 0.0624 e. The van der Waals surface area contributed by atoms with Gasteiger partial charge in [0.15, 0.2) is 0 Å². The van der Waals surface area contributed by atoms with Gasteiger partial charge in [0.25, 0.3) is 0 Å². The number of aryl methyl sites for hydroxylation is 1. The van der Waals surface area contributed by atoms with Gasteiger partial charge in [-0.05, 0) is 67.3 Å². The Morgan fingerprint density at radius 2 is 1.62 bits per heavy atom. The lowest BCUT2D eigenvalue weighted by Gasteiger charge is -2.53. The molecule has 0 amide bonds. The van der Waals surface area contributed by atoms with Gasteiger partial charge in [0.05, 0.1) is 6.07 Å². The van der Waals surface area contributed by atoms with Gasteiger partial charge in [0.1, 0.15) is 0 Å². The Hall–Kier alpha value is -1.29. The van der Waals surface area contributed by atoms with Crippen LogP contribution in [-0.2, 0) is 6.42 Å². The highest BCUT2D eigenvalue weighted by Crippen LogP contribution is 2.54. The molecule has 0 bridgehead atoms. The van der Waals surface area contributed by atoms with Gasteiger partial charge < -0.3 is 0 Å². The van der Waals surface area contributed by atoms with Crippen LogP contribution in [0.15, 0.2) is 24.3 Å². The predicted octanol–water partition coefficient (Wildman–Crippen LogP) is 6.17. The van der Waals surface area contributed by atoms with E-state index in [1.54, 1.807) is 0 Å². The summed E-state index contributed by atoms with van der Waals surface area (Å²) in [6.07, 6.45) is 8.87. The molecule has 0 saturated heterocycles. The Morgan fingerprint density at radius 3 is 2.21 bits per heavy atom. The molecule has 1 aromatic rings. The summed E-state index contributed by atoms with van der Waals surface area (Å²) in [6.45, 7) is 6.97. The third kappa shape index (κ3) is 3.39. The lowest BCUT2D eigenvalue weighted by Crippen LogP contribution is -2.47. The van der Waals surface area contributed by atoms with Crippen molar-refractivity contribution in [3.05, 3.63) is 35.4 Å². The van der Waals surface area contributed by atoms with Crippen LogP contribution < -0.4 is 0 Å². The maximum atomic E-state index is 9.40. The van der Waals surface area contributed by atoms with Crippen LogP contribution in [0.2, 0.25) is 0 Å². The second-order valence-corrected chi connectivity index (χ2v) is 8.42. The minimum absolute atomic E-state index is 0.606. The molecule has 0 aliphatic heterocycles. The minimum Gasteiger partial charge on any atom is -0.198 e. The SMILES string of the molecule is CC[C@@H]1C2CCCCC2[C@H](Cc2ccc(C)cc2)C(C)[C@H]1CC#N. The summed E-state index contributed by atoms with van der Waals surface area (Å²) in [5.74, 6) is 4.58. The van der Waals surface area contributed by atoms with E-state index >= 15 is 0 Å². The smallest absolute Gasteiger partial charge is 0.0624 e. The molecule has 3 unspecified atom stereocenters. The number of hydrogen-bond acceptors (Lipinski definition) is 1. The van der Waals surface area contributed by atoms with Gasteiger partial charge in [0.2, 0.25) is 0 Å². The molecule has 0 N–H and O–H groups in total. The molecule has 24 heavy (non-hydrogen) atoms. The Balaban J connectivity index is 1.87. The molecule has 6 atom stereocenters. The zero-order valence-corrected chi connectivity index (χ0v) is 15.7. The van der Waals surface area contributed by atoms with Crippen molar-refractivity contribution in [2.75, 3.05) is 0 Å². The molecule has 0 radical (unpaired) electrons. The van der Waals surface area contributed by atoms with E-state index in [-0.39, 0.29) is 0 Å². The first-order chi connectivity index (χ1) is 11.7. The predicted molar refractivity (Wildman–Crippen MR) is 100 cm³/mol. The van der Waals surface area contributed by atoms with Crippen LogP contribution in [0, 0.1) is 53.8 Å². The van der Waals surface area contributed by atoms with E-state index in [1.807, 2.05) is 0 Å². The number of benzene rings is 1. The average Bonchev–Trinajstić information content (AvgIpc) is 2.60. The van der Waals surface area contributed by atoms with Crippen molar-refractivity contribution >= 4 is 0 Å². The molecular formula is C23H33N. The lowest BCUT2D eigenvalue weighted by molar-refractivity contribution is -0.0361. The summed E-state index contributed by atoms with van der Waals surface area (Å²) in [5, 5.41) is 9.40.